The Bertz CT molecular complexity index is 625. The maximum Gasteiger partial charge on any atom is 0.176 e. The maximum atomic E-state index is 10.7. The van der Waals surface area contributed by atoms with Gasteiger partial charge in [-0.15, -0.1) is 0 Å². The van der Waals surface area contributed by atoms with Crippen molar-refractivity contribution in [3.63, 3.8) is 0 Å². The Morgan fingerprint density at radius 3 is 2.80 bits per heavy atom. The van der Waals surface area contributed by atoms with Crippen LogP contribution in [0.15, 0.2) is 39.4 Å². The minimum atomic E-state index is 0.437. The zero-order valence-corrected chi connectivity index (χ0v) is 13.5. The van der Waals surface area contributed by atoms with Crippen molar-refractivity contribution in [3.8, 4) is 11.5 Å². The number of fused-ring (bicyclic) bond motifs is 2. The third kappa shape index (κ3) is 2.45. The molecule has 0 fully saturated rings. The lowest BCUT2D eigenvalue weighted by Crippen LogP contribution is -2.23. The normalized spacial score (nSPS) is 12.4. The van der Waals surface area contributed by atoms with E-state index in [9.17, 15) is 4.79 Å². The Balaban J connectivity index is 2.11. The van der Waals surface area contributed by atoms with Gasteiger partial charge in [-0.05, 0) is 34.1 Å². The monoisotopic (exact) mass is 396 g/mol. The molecule has 2 heterocycles. The van der Waals surface area contributed by atoms with Crippen LogP contribution in [0.1, 0.15) is 6.42 Å². The van der Waals surface area contributed by atoms with Crippen LogP contribution in [0.5, 0.6) is 11.5 Å². The number of benzene rings is 1. The number of pyridine rings is 1. The first-order valence-electron chi connectivity index (χ1n) is 6.03. The summed E-state index contributed by atoms with van der Waals surface area (Å²) >= 11 is 6.83. The molecule has 0 N–H and O–H groups in total. The first-order valence-corrected chi connectivity index (χ1v) is 7.62. The Morgan fingerprint density at radius 2 is 2.00 bits per heavy atom. The molecule has 0 bridgehead atoms. The average Bonchev–Trinajstić information content (AvgIpc) is 2.43. The summed E-state index contributed by atoms with van der Waals surface area (Å²) in [5.41, 5.74) is 0.914. The van der Waals surface area contributed by atoms with Crippen LogP contribution in [0.4, 0.5) is 11.5 Å². The van der Waals surface area contributed by atoms with Gasteiger partial charge in [0.15, 0.2) is 17.3 Å². The molecule has 2 aromatic rings. The average molecular weight is 398 g/mol. The number of rotatable bonds is 3. The number of aldehydes is 1. The molecule has 1 aliphatic rings. The number of halogens is 2. The van der Waals surface area contributed by atoms with Crippen LogP contribution in [0.25, 0.3) is 0 Å². The molecular formula is C14H10Br2N2O2. The van der Waals surface area contributed by atoms with Crippen molar-refractivity contribution in [2.24, 2.45) is 0 Å². The number of aromatic nitrogens is 1. The molecule has 0 radical (unpaired) electrons. The SMILES string of the molecule is O=CCCN1c2ccc(Br)cc2Oc2cc(Br)cnc21. The third-order valence-corrected chi connectivity index (χ3v) is 3.89. The summed E-state index contributed by atoms with van der Waals surface area (Å²) in [6, 6.07) is 7.68. The topological polar surface area (TPSA) is 42.4 Å². The van der Waals surface area contributed by atoms with Crippen LogP contribution in [-0.2, 0) is 4.79 Å². The summed E-state index contributed by atoms with van der Waals surface area (Å²) in [6.07, 6.45) is 3.07. The molecule has 0 atom stereocenters. The van der Waals surface area contributed by atoms with Gasteiger partial charge in [0.25, 0.3) is 0 Å². The Labute approximate surface area is 133 Å². The highest BCUT2D eigenvalue weighted by molar-refractivity contribution is 9.10. The highest BCUT2D eigenvalue weighted by Gasteiger charge is 2.25. The van der Waals surface area contributed by atoms with Gasteiger partial charge < -0.3 is 14.4 Å². The minimum absolute atomic E-state index is 0.437. The molecule has 0 saturated heterocycles. The maximum absolute atomic E-state index is 10.7. The van der Waals surface area contributed by atoms with Crippen LogP contribution < -0.4 is 9.64 Å². The fourth-order valence-electron chi connectivity index (χ4n) is 2.12. The molecule has 0 spiro atoms. The summed E-state index contributed by atoms with van der Waals surface area (Å²) < 4.78 is 7.69. The molecule has 6 heteroatoms. The summed E-state index contributed by atoms with van der Waals surface area (Å²) in [6.45, 7) is 0.573. The molecule has 4 nitrogen and oxygen atoms in total. The van der Waals surface area contributed by atoms with E-state index in [1.165, 1.54) is 0 Å². The lowest BCUT2D eigenvalue weighted by atomic mass is 10.2. The highest BCUT2D eigenvalue weighted by Crippen LogP contribution is 2.46. The number of carbonyl (C=O) groups excluding carboxylic acids is 1. The Hall–Kier alpha value is -1.40. The number of anilines is 2. The van der Waals surface area contributed by atoms with Crippen molar-refractivity contribution in [1.29, 1.82) is 0 Å². The predicted octanol–water partition coefficient (Wildman–Crippen LogP) is 4.44. The summed E-state index contributed by atoms with van der Waals surface area (Å²) in [7, 11) is 0. The predicted molar refractivity (Wildman–Crippen MR) is 83.8 cm³/mol. The summed E-state index contributed by atoms with van der Waals surface area (Å²) in [5.74, 6) is 2.15. The van der Waals surface area contributed by atoms with E-state index in [4.69, 9.17) is 4.74 Å². The molecule has 0 aliphatic carbocycles. The van der Waals surface area contributed by atoms with Gasteiger partial charge in [0.05, 0.1) is 5.69 Å². The van der Waals surface area contributed by atoms with E-state index in [2.05, 4.69) is 36.8 Å². The van der Waals surface area contributed by atoms with Crippen molar-refractivity contribution in [1.82, 2.24) is 4.98 Å². The largest absolute Gasteiger partial charge is 0.451 e. The van der Waals surface area contributed by atoms with Gasteiger partial charge in [0, 0.05) is 34.2 Å². The van der Waals surface area contributed by atoms with Crippen LogP contribution in [-0.4, -0.2) is 17.8 Å². The van der Waals surface area contributed by atoms with E-state index in [0.29, 0.717) is 18.7 Å². The second kappa shape index (κ2) is 5.54. The number of ether oxygens (including phenoxy) is 1. The quantitative estimate of drug-likeness (QED) is 0.718. The van der Waals surface area contributed by atoms with Crippen molar-refractivity contribution in [2.75, 3.05) is 11.4 Å². The van der Waals surface area contributed by atoms with Crippen molar-refractivity contribution < 1.29 is 9.53 Å². The van der Waals surface area contributed by atoms with Gasteiger partial charge >= 0.3 is 0 Å². The van der Waals surface area contributed by atoms with Gasteiger partial charge in [-0.3, -0.25) is 0 Å². The second-order valence-electron chi connectivity index (χ2n) is 4.30. The zero-order chi connectivity index (χ0) is 14.1. The molecule has 1 aliphatic heterocycles. The molecule has 0 saturated carbocycles. The van der Waals surface area contributed by atoms with Crippen LogP contribution in [0, 0.1) is 0 Å². The molecule has 1 aromatic heterocycles. The summed E-state index contributed by atoms with van der Waals surface area (Å²) in [5, 5.41) is 0. The van der Waals surface area contributed by atoms with E-state index < -0.39 is 0 Å². The van der Waals surface area contributed by atoms with Gasteiger partial charge in [0.2, 0.25) is 0 Å². The first kappa shape index (κ1) is 13.6. The lowest BCUT2D eigenvalue weighted by molar-refractivity contribution is -0.107. The Kier molecular flexibility index (Phi) is 3.76. The molecular weight excluding hydrogens is 388 g/mol. The van der Waals surface area contributed by atoms with Gasteiger partial charge in [0.1, 0.15) is 6.29 Å². The van der Waals surface area contributed by atoms with Crippen molar-refractivity contribution in [2.45, 2.75) is 6.42 Å². The number of carbonyl (C=O) groups is 1. The van der Waals surface area contributed by atoms with Gasteiger partial charge in [-0.2, -0.15) is 0 Å². The number of hydrogen-bond acceptors (Lipinski definition) is 4. The molecule has 0 unspecified atom stereocenters. The Morgan fingerprint density at radius 1 is 1.20 bits per heavy atom. The second-order valence-corrected chi connectivity index (χ2v) is 6.13. The standard InChI is InChI=1S/C14H10Br2N2O2/c15-9-2-3-11-12(6-9)20-13-7-10(16)8-17-14(13)18(11)4-1-5-19/h2-3,5-8H,1,4H2. The first-order chi connectivity index (χ1) is 9.69. The fourth-order valence-corrected chi connectivity index (χ4v) is 2.78. The number of hydrogen-bond donors (Lipinski definition) is 0. The van der Waals surface area contributed by atoms with Crippen LogP contribution in [0.3, 0.4) is 0 Å². The molecule has 20 heavy (non-hydrogen) atoms. The van der Waals surface area contributed by atoms with E-state index in [0.717, 1.165) is 32.5 Å². The molecule has 1 aromatic carbocycles. The fraction of sp³-hybridized carbons (Fsp3) is 0.143. The van der Waals surface area contributed by atoms with Crippen LogP contribution in [0.2, 0.25) is 0 Å². The number of nitrogens with zero attached hydrogens (tertiary/aromatic N) is 2. The van der Waals surface area contributed by atoms with Gasteiger partial charge in [-0.25, -0.2) is 4.98 Å². The van der Waals surface area contributed by atoms with Crippen molar-refractivity contribution >= 4 is 49.7 Å². The molecule has 0 amide bonds. The van der Waals surface area contributed by atoms with Crippen LogP contribution >= 0.6 is 31.9 Å². The minimum Gasteiger partial charge on any atom is -0.451 e. The summed E-state index contributed by atoms with van der Waals surface area (Å²) in [4.78, 5) is 17.1. The van der Waals surface area contributed by atoms with E-state index in [1.54, 1.807) is 6.20 Å². The zero-order valence-electron chi connectivity index (χ0n) is 10.3. The van der Waals surface area contributed by atoms with Crippen molar-refractivity contribution in [3.05, 3.63) is 39.4 Å². The van der Waals surface area contributed by atoms with E-state index in [1.807, 2.05) is 29.2 Å². The smallest absolute Gasteiger partial charge is 0.176 e. The highest BCUT2D eigenvalue weighted by atomic mass is 79.9. The lowest BCUT2D eigenvalue weighted by Gasteiger charge is -2.31. The molecule has 102 valence electrons. The third-order valence-electron chi connectivity index (χ3n) is 2.96. The van der Waals surface area contributed by atoms with Gasteiger partial charge in [-0.1, -0.05) is 15.9 Å². The molecule has 3 rings (SSSR count). The van der Waals surface area contributed by atoms with E-state index in [-0.39, 0.29) is 0 Å². The van der Waals surface area contributed by atoms with E-state index >= 15 is 0 Å².